The molecule has 106 valence electrons. The average molecular weight is 265 g/mol. The predicted octanol–water partition coefficient (Wildman–Crippen LogP) is 2.63. The van der Waals surface area contributed by atoms with E-state index in [4.69, 9.17) is 4.42 Å². The molecule has 0 saturated heterocycles. The summed E-state index contributed by atoms with van der Waals surface area (Å²) in [6, 6.07) is 1.86. The maximum Gasteiger partial charge on any atom is 0.223 e. The molecule has 4 nitrogen and oxygen atoms in total. The zero-order valence-corrected chi connectivity index (χ0v) is 11.7. The fraction of sp³-hybridized carbons (Fsp3) is 0.667. The lowest BCUT2D eigenvalue weighted by Gasteiger charge is -2.13. The van der Waals surface area contributed by atoms with Crippen molar-refractivity contribution in [2.24, 2.45) is 5.92 Å². The number of furan rings is 1. The van der Waals surface area contributed by atoms with Crippen molar-refractivity contribution >= 4 is 5.91 Å². The molecule has 1 heterocycles. The van der Waals surface area contributed by atoms with Crippen molar-refractivity contribution in [2.45, 2.75) is 52.1 Å². The molecule has 1 atom stereocenters. The van der Waals surface area contributed by atoms with E-state index in [1.807, 2.05) is 19.9 Å². The molecule has 0 aliphatic heterocycles. The number of hydrogen-bond donors (Lipinski definition) is 2. The molecule has 1 aromatic heterocycles. The third-order valence-corrected chi connectivity index (χ3v) is 3.88. The SMILES string of the molecule is Cc1cc(C(O)CCNC(=O)C2CCCC2)c(C)o1. The summed E-state index contributed by atoms with van der Waals surface area (Å²) >= 11 is 0. The Bertz CT molecular complexity index is 433. The van der Waals surface area contributed by atoms with Crippen LogP contribution in [0.5, 0.6) is 0 Å². The molecule has 1 amide bonds. The quantitative estimate of drug-likeness (QED) is 0.860. The molecule has 1 aliphatic carbocycles. The summed E-state index contributed by atoms with van der Waals surface area (Å²) in [5.41, 5.74) is 0.826. The van der Waals surface area contributed by atoms with Gasteiger partial charge in [0.1, 0.15) is 11.5 Å². The number of hydrogen-bond acceptors (Lipinski definition) is 3. The Labute approximate surface area is 114 Å². The Balaban J connectivity index is 1.76. The first-order valence-corrected chi connectivity index (χ1v) is 7.10. The largest absolute Gasteiger partial charge is 0.466 e. The third-order valence-electron chi connectivity index (χ3n) is 3.88. The number of amides is 1. The van der Waals surface area contributed by atoms with Crippen LogP contribution in [0.15, 0.2) is 10.5 Å². The first-order chi connectivity index (χ1) is 9.08. The minimum Gasteiger partial charge on any atom is -0.466 e. The molecule has 1 aliphatic rings. The van der Waals surface area contributed by atoms with Crippen LogP contribution in [0.2, 0.25) is 0 Å². The van der Waals surface area contributed by atoms with Gasteiger partial charge in [-0.2, -0.15) is 0 Å². The van der Waals surface area contributed by atoms with Crippen LogP contribution in [0.3, 0.4) is 0 Å². The smallest absolute Gasteiger partial charge is 0.223 e. The number of aliphatic hydroxyl groups excluding tert-OH is 1. The summed E-state index contributed by atoms with van der Waals surface area (Å²) in [5.74, 6) is 1.90. The van der Waals surface area contributed by atoms with Gasteiger partial charge in [-0.05, 0) is 39.2 Å². The summed E-state index contributed by atoms with van der Waals surface area (Å²) in [7, 11) is 0. The molecule has 1 unspecified atom stereocenters. The van der Waals surface area contributed by atoms with Gasteiger partial charge in [-0.25, -0.2) is 0 Å². The molecule has 19 heavy (non-hydrogen) atoms. The van der Waals surface area contributed by atoms with Crippen molar-refractivity contribution in [3.63, 3.8) is 0 Å². The van der Waals surface area contributed by atoms with E-state index in [2.05, 4.69) is 5.32 Å². The zero-order chi connectivity index (χ0) is 13.8. The number of carbonyl (C=O) groups excluding carboxylic acids is 1. The maximum atomic E-state index is 11.8. The third kappa shape index (κ3) is 3.60. The van der Waals surface area contributed by atoms with Crippen LogP contribution in [-0.2, 0) is 4.79 Å². The number of aryl methyl sites for hydroxylation is 2. The van der Waals surface area contributed by atoms with Gasteiger partial charge in [-0.15, -0.1) is 0 Å². The van der Waals surface area contributed by atoms with Gasteiger partial charge >= 0.3 is 0 Å². The Kier molecular flexibility index (Phi) is 4.64. The molecular weight excluding hydrogens is 242 g/mol. The first kappa shape index (κ1) is 14.1. The van der Waals surface area contributed by atoms with E-state index in [0.717, 1.165) is 42.8 Å². The molecule has 0 radical (unpaired) electrons. The second kappa shape index (κ2) is 6.24. The topological polar surface area (TPSA) is 62.5 Å². The van der Waals surface area contributed by atoms with E-state index in [-0.39, 0.29) is 11.8 Å². The van der Waals surface area contributed by atoms with E-state index >= 15 is 0 Å². The van der Waals surface area contributed by atoms with Crippen molar-refractivity contribution in [3.8, 4) is 0 Å². The minimum atomic E-state index is -0.568. The maximum absolute atomic E-state index is 11.8. The Hall–Kier alpha value is -1.29. The second-order valence-electron chi connectivity index (χ2n) is 5.45. The predicted molar refractivity (Wildman–Crippen MR) is 72.7 cm³/mol. The molecule has 1 aromatic rings. The Morgan fingerprint density at radius 2 is 2.16 bits per heavy atom. The molecule has 1 fully saturated rings. The van der Waals surface area contributed by atoms with Gasteiger partial charge in [-0.3, -0.25) is 4.79 Å². The van der Waals surface area contributed by atoms with Gasteiger partial charge in [0.05, 0.1) is 6.10 Å². The molecule has 4 heteroatoms. The number of nitrogens with one attached hydrogen (secondary N) is 1. The highest BCUT2D eigenvalue weighted by Crippen LogP contribution is 2.25. The highest BCUT2D eigenvalue weighted by Gasteiger charge is 2.22. The molecule has 0 aromatic carbocycles. The second-order valence-corrected chi connectivity index (χ2v) is 5.45. The van der Waals surface area contributed by atoms with E-state index in [1.54, 1.807) is 0 Å². The van der Waals surface area contributed by atoms with Crippen molar-refractivity contribution in [1.82, 2.24) is 5.32 Å². The monoisotopic (exact) mass is 265 g/mol. The molecule has 0 bridgehead atoms. The van der Waals surface area contributed by atoms with Gasteiger partial charge in [0.2, 0.25) is 5.91 Å². The minimum absolute atomic E-state index is 0.143. The van der Waals surface area contributed by atoms with Gasteiger partial charge in [-0.1, -0.05) is 12.8 Å². The lowest BCUT2D eigenvalue weighted by molar-refractivity contribution is -0.124. The van der Waals surface area contributed by atoms with Crippen LogP contribution in [0.25, 0.3) is 0 Å². The summed E-state index contributed by atoms with van der Waals surface area (Å²) < 4.78 is 5.40. The fourth-order valence-corrected chi connectivity index (χ4v) is 2.80. The summed E-state index contributed by atoms with van der Waals surface area (Å²) in [4.78, 5) is 11.8. The van der Waals surface area contributed by atoms with Gasteiger partial charge in [0.25, 0.3) is 0 Å². The number of aliphatic hydroxyl groups is 1. The van der Waals surface area contributed by atoms with E-state index in [1.165, 1.54) is 0 Å². The lowest BCUT2D eigenvalue weighted by Crippen LogP contribution is -2.30. The highest BCUT2D eigenvalue weighted by molar-refractivity contribution is 5.78. The Morgan fingerprint density at radius 1 is 1.47 bits per heavy atom. The van der Waals surface area contributed by atoms with Crippen LogP contribution < -0.4 is 5.32 Å². The molecule has 1 saturated carbocycles. The lowest BCUT2D eigenvalue weighted by atomic mass is 10.1. The normalized spacial score (nSPS) is 17.6. The summed E-state index contributed by atoms with van der Waals surface area (Å²) in [6.45, 7) is 4.23. The van der Waals surface area contributed by atoms with Crippen LogP contribution in [0.1, 0.15) is 55.3 Å². The van der Waals surface area contributed by atoms with Crippen LogP contribution >= 0.6 is 0 Å². The van der Waals surface area contributed by atoms with Crippen molar-refractivity contribution in [2.75, 3.05) is 6.54 Å². The number of rotatable bonds is 5. The fourth-order valence-electron chi connectivity index (χ4n) is 2.80. The highest BCUT2D eigenvalue weighted by atomic mass is 16.3. The molecule has 2 N–H and O–H groups in total. The van der Waals surface area contributed by atoms with Gasteiger partial charge in [0, 0.05) is 18.0 Å². The standard InChI is InChI=1S/C15H23NO3/c1-10-9-13(11(2)19-10)14(17)7-8-16-15(18)12-5-3-4-6-12/h9,12,14,17H,3-8H2,1-2H3,(H,16,18). The van der Waals surface area contributed by atoms with Crippen LogP contribution in [0.4, 0.5) is 0 Å². The molecular formula is C15H23NO3. The summed E-state index contributed by atoms with van der Waals surface area (Å²) in [6.07, 6.45) is 4.30. The van der Waals surface area contributed by atoms with Gasteiger partial charge < -0.3 is 14.8 Å². The zero-order valence-electron chi connectivity index (χ0n) is 11.7. The van der Waals surface area contributed by atoms with Crippen molar-refractivity contribution < 1.29 is 14.3 Å². The van der Waals surface area contributed by atoms with Crippen molar-refractivity contribution in [3.05, 3.63) is 23.2 Å². The summed E-state index contributed by atoms with van der Waals surface area (Å²) in [5, 5.41) is 13.0. The van der Waals surface area contributed by atoms with E-state index < -0.39 is 6.10 Å². The Morgan fingerprint density at radius 3 is 2.74 bits per heavy atom. The van der Waals surface area contributed by atoms with Crippen LogP contribution in [-0.4, -0.2) is 17.6 Å². The van der Waals surface area contributed by atoms with E-state index in [9.17, 15) is 9.90 Å². The van der Waals surface area contributed by atoms with Gasteiger partial charge in [0.15, 0.2) is 0 Å². The van der Waals surface area contributed by atoms with Crippen LogP contribution in [0, 0.1) is 19.8 Å². The number of carbonyl (C=O) groups is 1. The average Bonchev–Trinajstić information content (AvgIpc) is 2.98. The molecule has 0 spiro atoms. The first-order valence-electron chi connectivity index (χ1n) is 7.10. The van der Waals surface area contributed by atoms with Crippen molar-refractivity contribution in [1.29, 1.82) is 0 Å². The molecule has 2 rings (SSSR count). The van der Waals surface area contributed by atoms with E-state index in [0.29, 0.717) is 13.0 Å².